The van der Waals surface area contributed by atoms with Crippen molar-refractivity contribution in [2.75, 3.05) is 7.05 Å². The fraction of sp³-hybridized carbons (Fsp3) is 0.188. The molecule has 0 unspecified atom stereocenters. The van der Waals surface area contributed by atoms with Gasteiger partial charge in [0.05, 0.1) is 0 Å². The van der Waals surface area contributed by atoms with E-state index in [0.717, 1.165) is 11.1 Å². The molecule has 0 aromatic heterocycles. The van der Waals surface area contributed by atoms with Crippen molar-refractivity contribution < 1.29 is 4.79 Å². The Bertz CT molecular complexity index is 540. The van der Waals surface area contributed by atoms with Crippen molar-refractivity contribution >= 4 is 18.3 Å². The average molecular weight is 291 g/mol. The highest BCUT2D eigenvalue weighted by Crippen LogP contribution is 2.09. The van der Waals surface area contributed by atoms with E-state index >= 15 is 0 Å². The lowest BCUT2D eigenvalue weighted by molar-refractivity contribution is 0.0785. The maximum Gasteiger partial charge on any atom is 0.253 e. The minimum absolute atomic E-state index is 0. The Hall–Kier alpha value is -1.84. The van der Waals surface area contributed by atoms with Gasteiger partial charge in [0.2, 0.25) is 0 Å². The molecule has 20 heavy (non-hydrogen) atoms. The molecular weight excluding hydrogens is 272 g/mol. The first-order chi connectivity index (χ1) is 9.20. The highest BCUT2D eigenvalue weighted by molar-refractivity contribution is 5.94. The predicted molar refractivity (Wildman–Crippen MR) is 83.8 cm³/mol. The molecule has 3 nitrogen and oxygen atoms in total. The summed E-state index contributed by atoms with van der Waals surface area (Å²) < 4.78 is 0. The van der Waals surface area contributed by atoms with Crippen molar-refractivity contribution in [1.29, 1.82) is 0 Å². The van der Waals surface area contributed by atoms with Crippen molar-refractivity contribution in [2.24, 2.45) is 5.73 Å². The van der Waals surface area contributed by atoms with Crippen LogP contribution in [0.5, 0.6) is 0 Å². The quantitative estimate of drug-likeness (QED) is 0.941. The van der Waals surface area contributed by atoms with Gasteiger partial charge >= 0.3 is 0 Å². The summed E-state index contributed by atoms with van der Waals surface area (Å²) >= 11 is 0. The molecule has 0 heterocycles. The maximum absolute atomic E-state index is 12.2. The second-order valence-corrected chi connectivity index (χ2v) is 4.55. The van der Waals surface area contributed by atoms with Crippen molar-refractivity contribution in [2.45, 2.75) is 13.1 Å². The van der Waals surface area contributed by atoms with Crippen LogP contribution < -0.4 is 5.73 Å². The van der Waals surface area contributed by atoms with Crippen molar-refractivity contribution in [1.82, 2.24) is 4.90 Å². The van der Waals surface area contributed by atoms with E-state index in [1.165, 1.54) is 0 Å². The normalized spacial score (nSPS) is 9.70. The molecule has 106 valence electrons. The molecule has 0 fully saturated rings. The third kappa shape index (κ3) is 4.08. The number of carbonyl (C=O) groups excluding carboxylic acids is 1. The third-order valence-corrected chi connectivity index (χ3v) is 3.05. The van der Waals surface area contributed by atoms with Gasteiger partial charge in [-0.15, -0.1) is 12.4 Å². The van der Waals surface area contributed by atoms with Crippen LogP contribution in [0.25, 0.3) is 0 Å². The Morgan fingerprint density at radius 2 is 1.60 bits per heavy atom. The zero-order chi connectivity index (χ0) is 13.7. The summed E-state index contributed by atoms with van der Waals surface area (Å²) in [6.07, 6.45) is 0. The fourth-order valence-electron chi connectivity index (χ4n) is 1.93. The molecule has 0 aliphatic carbocycles. The molecule has 0 aliphatic heterocycles. The molecule has 2 rings (SSSR count). The van der Waals surface area contributed by atoms with E-state index in [4.69, 9.17) is 5.73 Å². The summed E-state index contributed by atoms with van der Waals surface area (Å²) in [6, 6.07) is 17.4. The van der Waals surface area contributed by atoms with Crippen molar-refractivity contribution in [3.63, 3.8) is 0 Å². The van der Waals surface area contributed by atoms with Crippen LogP contribution in [0.2, 0.25) is 0 Å². The van der Waals surface area contributed by atoms with Crippen molar-refractivity contribution in [3.8, 4) is 0 Å². The second kappa shape index (κ2) is 7.68. The summed E-state index contributed by atoms with van der Waals surface area (Å²) in [5, 5.41) is 0. The molecule has 0 saturated heterocycles. The molecule has 0 atom stereocenters. The minimum atomic E-state index is 0. The lowest BCUT2D eigenvalue weighted by atomic mass is 10.1. The third-order valence-electron chi connectivity index (χ3n) is 3.05. The summed E-state index contributed by atoms with van der Waals surface area (Å²) in [7, 11) is 1.81. The number of carbonyl (C=O) groups is 1. The first-order valence-corrected chi connectivity index (χ1v) is 6.29. The lowest BCUT2D eigenvalue weighted by Gasteiger charge is -2.17. The Balaban J connectivity index is 0.00000200. The van der Waals surface area contributed by atoms with Crippen LogP contribution in [-0.2, 0) is 13.1 Å². The fourth-order valence-corrected chi connectivity index (χ4v) is 1.93. The van der Waals surface area contributed by atoms with Crippen molar-refractivity contribution in [3.05, 3.63) is 71.3 Å². The number of nitrogens with two attached hydrogens (primary N) is 1. The highest BCUT2D eigenvalue weighted by atomic mass is 35.5. The Kier molecular flexibility index (Phi) is 6.22. The van der Waals surface area contributed by atoms with Crippen LogP contribution in [0.1, 0.15) is 21.5 Å². The number of halogens is 1. The van der Waals surface area contributed by atoms with E-state index in [2.05, 4.69) is 0 Å². The van der Waals surface area contributed by atoms with E-state index in [1.54, 1.807) is 4.90 Å². The molecule has 2 aromatic rings. The summed E-state index contributed by atoms with van der Waals surface area (Å²) in [5.41, 5.74) is 8.39. The minimum Gasteiger partial charge on any atom is -0.337 e. The van der Waals surface area contributed by atoms with Gasteiger partial charge in [0.1, 0.15) is 0 Å². The summed E-state index contributed by atoms with van der Waals surface area (Å²) in [4.78, 5) is 14.0. The molecule has 0 spiro atoms. The van der Waals surface area contributed by atoms with Gasteiger partial charge in [-0.1, -0.05) is 42.5 Å². The van der Waals surface area contributed by atoms with Crippen LogP contribution in [0.4, 0.5) is 0 Å². The zero-order valence-electron chi connectivity index (χ0n) is 11.5. The molecule has 0 aliphatic rings. The molecule has 0 saturated carbocycles. The first-order valence-electron chi connectivity index (χ1n) is 6.29. The second-order valence-electron chi connectivity index (χ2n) is 4.55. The number of hydrogen-bond donors (Lipinski definition) is 1. The topological polar surface area (TPSA) is 46.3 Å². The van der Waals surface area contributed by atoms with Crippen LogP contribution in [0, 0.1) is 0 Å². The van der Waals surface area contributed by atoms with E-state index in [0.29, 0.717) is 18.7 Å². The van der Waals surface area contributed by atoms with Crippen LogP contribution in [0.15, 0.2) is 54.6 Å². The summed E-state index contributed by atoms with van der Waals surface area (Å²) in [5.74, 6) is 0.0208. The van der Waals surface area contributed by atoms with Gasteiger partial charge in [-0.3, -0.25) is 4.79 Å². The van der Waals surface area contributed by atoms with Gasteiger partial charge in [-0.25, -0.2) is 0 Å². The van der Waals surface area contributed by atoms with E-state index in [1.807, 2.05) is 61.6 Å². The largest absolute Gasteiger partial charge is 0.337 e. The average Bonchev–Trinajstić information content (AvgIpc) is 2.47. The molecule has 2 N–H and O–H groups in total. The van der Waals surface area contributed by atoms with Gasteiger partial charge in [0.15, 0.2) is 0 Å². The van der Waals surface area contributed by atoms with Gasteiger partial charge in [0, 0.05) is 25.7 Å². The van der Waals surface area contributed by atoms with E-state index in [9.17, 15) is 4.79 Å². The van der Waals surface area contributed by atoms with E-state index < -0.39 is 0 Å². The molecule has 1 amide bonds. The molecular formula is C16H19ClN2O. The predicted octanol–water partition coefficient (Wildman–Crippen LogP) is 2.84. The maximum atomic E-state index is 12.2. The lowest BCUT2D eigenvalue weighted by Crippen LogP contribution is -2.26. The molecule has 4 heteroatoms. The number of benzene rings is 2. The molecule has 2 aromatic carbocycles. The Morgan fingerprint density at radius 1 is 1.00 bits per heavy atom. The monoisotopic (exact) mass is 290 g/mol. The summed E-state index contributed by atoms with van der Waals surface area (Å²) in [6.45, 7) is 1.10. The van der Waals surface area contributed by atoms with Gasteiger partial charge in [-0.2, -0.15) is 0 Å². The molecule has 0 radical (unpaired) electrons. The smallest absolute Gasteiger partial charge is 0.253 e. The van der Waals surface area contributed by atoms with E-state index in [-0.39, 0.29) is 18.3 Å². The Labute approximate surface area is 125 Å². The van der Waals surface area contributed by atoms with Crippen LogP contribution >= 0.6 is 12.4 Å². The Morgan fingerprint density at radius 3 is 2.15 bits per heavy atom. The standard InChI is InChI=1S/C16H18N2O.ClH/c1-18(12-14-5-3-2-4-6-14)16(19)15-9-7-13(11-17)8-10-15;/h2-10H,11-12,17H2,1H3;1H. The highest BCUT2D eigenvalue weighted by Gasteiger charge is 2.11. The van der Waals surface area contributed by atoms with Gasteiger partial charge < -0.3 is 10.6 Å². The van der Waals surface area contributed by atoms with Crippen LogP contribution in [0.3, 0.4) is 0 Å². The number of amides is 1. The molecule has 0 bridgehead atoms. The first kappa shape index (κ1) is 16.2. The van der Waals surface area contributed by atoms with Gasteiger partial charge in [0.25, 0.3) is 5.91 Å². The van der Waals surface area contributed by atoms with Crippen LogP contribution in [-0.4, -0.2) is 17.9 Å². The number of rotatable bonds is 4. The van der Waals surface area contributed by atoms with Gasteiger partial charge in [-0.05, 0) is 23.3 Å². The number of hydrogen-bond acceptors (Lipinski definition) is 2. The SMILES string of the molecule is CN(Cc1ccccc1)C(=O)c1ccc(CN)cc1.Cl. The zero-order valence-corrected chi connectivity index (χ0v) is 12.3. The number of nitrogens with zero attached hydrogens (tertiary/aromatic N) is 1.